The fraction of sp³-hybridized carbons (Fsp3) is 0.300. The first kappa shape index (κ1) is 16.2. The van der Waals surface area contributed by atoms with Gasteiger partial charge in [-0.15, -0.1) is 0 Å². The predicted octanol–water partition coefficient (Wildman–Crippen LogP) is 4.16. The van der Waals surface area contributed by atoms with Crippen LogP contribution in [-0.4, -0.2) is 20.6 Å². The summed E-state index contributed by atoms with van der Waals surface area (Å²) in [5, 5.41) is 8.94. The molecule has 1 N–H and O–H groups in total. The Morgan fingerprint density at radius 2 is 1.79 bits per heavy atom. The van der Waals surface area contributed by atoms with Gasteiger partial charge in [0.1, 0.15) is 5.82 Å². The van der Waals surface area contributed by atoms with Gasteiger partial charge in [0.25, 0.3) is 0 Å². The summed E-state index contributed by atoms with van der Waals surface area (Å²) in [7, 11) is 1.99. The van der Waals surface area contributed by atoms with E-state index in [4.69, 9.17) is 10.1 Å². The molecule has 0 saturated heterocycles. The number of carboxylic acids is 1. The molecule has 0 amide bonds. The van der Waals surface area contributed by atoms with Crippen LogP contribution in [-0.2, 0) is 23.7 Å². The van der Waals surface area contributed by atoms with E-state index < -0.39 is 5.97 Å². The van der Waals surface area contributed by atoms with Gasteiger partial charge in [-0.25, -0.2) is 4.98 Å². The molecule has 4 heteroatoms. The second kappa shape index (κ2) is 5.78. The van der Waals surface area contributed by atoms with E-state index >= 15 is 0 Å². The van der Waals surface area contributed by atoms with Crippen LogP contribution in [0.1, 0.15) is 31.9 Å². The van der Waals surface area contributed by atoms with Crippen molar-refractivity contribution in [3.63, 3.8) is 0 Å². The molecule has 0 saturated carbocycles. The summed E-state index contributed by atoms with van der Waals surface area (Å²) in [6, 6.07) is 14.1. The van der Waals surface area contributed by atoms with Crippen molar-refractivity contribution in [3.8, 4) is 11.4 Å². The number of aryl methyl sites for hydroxylation is 1. The average molecular weight is 322 g/mol. The smallest absolute Gasteiger partial charge is 0.307 e. The van der Waals surface area contributed by atoms with Crippen LogP contribution in [0.15, 0.2) is 42.5 Å². The molecule has 0 bridgehead atoms. The lowest BCUT2D eigenvalue weighted by Crippen LogP contribution is -2.10. The average Bonchev–Trinajstić information content (AvgIpc) is 2.82. The first-order valence-corrected chi connectivity index (χ1v) is 8.04. The number of imidazole rings is 1. The summed E-state index contributed by atoms with van der Waals surface area (Å²) in [5.41, 5.74) is 5.06. The lowest BCUT2D eigenvalue weighted by atomic mass is 9.87. The highest BCUT2D eigenvalue weighted by atomic mass is 16.4. The highest BCUT2D eigenvalue weighted by molar-refractivity contribution is 5.82. The minimum atomic E-state index is -0.830. The fourth-order valence-corrected chi connectivity index (χ4v) is 2.91. The number of nitrogens with zero attached hydrogens (tertiary/aromatic N) is 2. The third-order valence-corrected chi connectivity index (χ3v) is 4.31. The predicted molar refractivity (Wildman–Crippen MR) is 96.2 cm³/mol. The van der Waals surface area contributed by atoms with E-state index in [-0.39, 0.29) is 11.8 Å². The second-order valence-electron chi connectivity index (χ2n) is 7.22. The van der Waals surface area contributed by atoms with E-state index in [0.29, 0.717) is 0 Å². The van der Waals surface area contributed by atoms with E-state index in [9.17, 15) is 4.79 Å². The first-order chi connectivity index (χ1) is 11.3. The highest BCUT2D eigenvalue weighted by Gasteiger charge is 2.15. The third kappa shape index (κ3) is 3.04. The molecule has 0 fully saturated rings. The number of aromatic nitrogens is 2. The molecule has 0 atom stereocenters. The zero-order valence-corrected chi connectivity index (χ0v) is 14.5. The number of carboxylic acid groups (broad SMARTS) is 1. The Kier molecular flexibility index (Phi) is 3.91. The number of benzene rings is 2. The van der Waals surface area contributed by atoms with E-state index in [1.54, 1.807) is 0 Å². The minimum Gasteiger partial charge on any atom is -0.481 e. The van der Waals surface area contributed by atoms with Crippen LogP contribution in [0.5, 0.6) is 0 Å². The number of carbonyl (C=O) groups is 1. The van der Waals surface area contributed by atoms with Gasteiger partial charge in [-0.2, -0.15) is 0 Å². The Hall–Kier alpha value is -2.62. The van der Waals surface area contributed by atoms with Crippen LogP contribution in [0.25, 0.3) is 22.4 Å². The summed E-state index contributed by atoms with van der Waals surface area (Å²) < 4.78 is 2.05. The number of hydrogen-bond acceptors (Lipinski definition) is 2. The summed E-state index contributed by atoms with van der Waals surface area (Å²) in [4.78, 5) is 15.6. The van der Waals surface area contributed by atoms with E-state index in [1.165, 1.54) is 5.56 Å². The molecule has 3 aromatic rings. The van der Waals surface area contributed by atoms with Crippen molar-refractivity contribution in [2.75, 3.05) is 0 Å². The normalized spacial score (nSPS) is 11.8. The van der Waals surface area contributed by atoms with E-state index in [2.05, 4.69) is 45.0 Å². The zero-order valence-electron chi connectivity index (χ0n) is 14.5. The molecule has 24 heavy (non-hydrogen) atoms. The lowest BCUT2D eigenvalue weighted by molar-refractivity contribution is -0.136. The zero-order chi connectivity index (χ0) is 17.5. The van der Waals surface area contributed by atoms with Crippen molar-refractivity contribution in [2.45, 2.75) is 32.6 Å². The van der Waals surface area contributed by atoms with Crippen LogP contribution in [0, 0.1) is 0 Å². The van der Waals surface area contributed by atoms with Crippen molar-refractivity contribution in [3.05, 3.63) is 53.6 Å². The number of aliphatic carboxylic acids is 1. The number of fused-ring (bicyclic) bond motifs is 1. The fourth-order valence-electron chi connectivity index (χ4n) is 2.91. The molecule has 0 radical (unpaired) electrons. The van der Waals surface area contributed by atoms with E-state index in [0.717, 1.165) is 28.0 Å². The van der Waals surface area contributed by atoms with Crippen molar-refractivity contribution < 1.29 is 9.90 Å². The van der Waals surface area contributed by atoms with Gasteiger partial charge < -0.3 is 9.67 Å². The van der Waals surface area contributed by atoms with Crippen LogP contribution >= 0.6 is 0 Å². The Bertz CT molecular complexity index is 900. The summed E-state index contributed by atoms with van der Waals surface area (Å²) in [6.07, 6.45) is 0.0160. The van der Waals surface area contributed by atoms with Crippen LogP contribution in [0.4, 0.5) is 0 Å². The molecule has 124 valence electrons. The molecule has 1 aromatic heterocycles. The Morgan fingerprint density at radius 3 is 2.38 bits per heavy atom. The maximum absolute atomic E-state index is 10.9. The summed E-state index contributed by atoms with van der Waals surface area (Å²) in [5.74, 6) is 0.0567. The third-order valence-electron chi connectivity index (χ3n) is 4.31. The van der Waals surface area contributed by atoms with Crippen molar-refractivity contribution in [1.29, 1.82) is 0 Å². The number of hydrogen-bond donors (Lipinski definition) is 1. The van der Waals surface area contributed by atoms with Crippen LogP contribution in [0.2, 0.25) is 0 Å². The lowest BCUT2D eigenvalue weighted by Gasteiger charge is -2.19. The second-order valence-corrected chi connectivity index (χ2v) is 7.22. The van der Waals surface area contributed by atoms with Gasteiger partial charge in [0.2, 0.25) is 0 Å². The minimum absolute atomic E-state index is 0.0160. The maximum Gasteiger partial charge on any atom is 0.307 e. The topological polar surface area (TPSA) is 55.1 Å². The molecule has 1 heterocycles. The van der Waals surface area contributed by atoms with Crippen molar-refractivity contribution in [2.24, 2.45) is 7.05 Å². The molecule has 2 aromatic carbocycles. The summed E-state index contributed by atoms with van der Waals surface area (Å²) in [6.45, 7) is 6.59. The Labute approximate surface area is 141 Å². The van der Waals surface area contributed by atoms with Gasteiger partial charge in [-0.3, -0.25) is 4.79 Å². The largest absolute Gasteiger partial charge is 0.481 e. The standard InChI is InChI=1S/C20H22N2O2/c1-20(2,3)15-8-6-14(7-9-15)19-21-16-11-13(12-18(23)24)5-10-17(16)22(19)4/h5-11H,12H2,1-4H3,(H,23,24). The van der Waals surface area contributed by atoms with E-state index in [1.807, 2.05) is 29.8 Å². The highest BCUT2D eigenvalue weighted by Crippen LogP contribution is 2.28. The van der Waals surface area contributed by atoms with Gasteiger partial charge in [0.05, 0.1) is 17.5 Å². The Balaban J connectivity index is 2.03. The van der Waals surface area contributed by atoms with Crippen LogP contribution in [0.3, 0.4) is 0 Å². The van der Waals surface area contributed by atoms with Gasteiger partial charge in [-0.1, -0.05) is 51.1 Å². The molecule has 3 rings (SSSR count). The number of rotatable bonds is 3. The van der Waals surface area contributed by atoms with Crippen LogP contribution < -0.4 is 0 Å². The van der Waals surface area contributed by atoms with Gasteiger partial charge >= 0.3 is 5.97 Å². The molecule has 0 aliphatic rings. The molecule has 0 aliphatic carbocycles. The Morgan fingerprint density at radius 1 is 1.12 bits per heavy atom. The molecule has 0 unspecified atom stereocenters. The monoisotopic (exact) mass is 322 g/mol. The van der Waals surface area contributed by atoms with Gasteiger partial charge in [0.15, 0.2) is 0 Å². The molecular weight excluding hydrogens is 300 g/mol. The van der Waals surface area contributed by atoms with Crippen molar-refractivity contribution in [1.82, 2.24) is 9.55 Å². The molecule has 4 nitrogen and oxygen atoms in total. The quantitative estimate of drug-likeness (QED) is 0.787. The first-order valence-electron chi connectivity index (χ1n) is 8.04. The summed E-state index contributed by atoms with van der Waals surface area (Å²) >= 11 is 0. The SMILES string of the molecule is Cn1c(-c2ccc(C(C)(C)C)cc2)nc2cc(CC(=O)O)ccc21. The molecule has 0 spiro atoms. The van der Waals surface area contributed by atoms with Gasteiger partial charge in [-0.05, 0) is 28.7 Å². The van der Waals surface area contributed by atoms with Gasteiger partial charge in [0, 0.05) is 12.6 Å². The molecular formula is C20H22N2O2. The maximum atomic E-state index is 10.9. The molecule has 0 aliphatic heterocycles. The van der Waals surface area contributed by atoms with Crippen molar-refractivity contribution >= 4 is 17.0 Å².